The second-order valence-corrected chi connectivity index (χ2v) is 7.84. The smallest absolute Gasteiger partial charge is 0.238 e. The predicted molar refractivity (Wildman–Crippen MR) is 108 cm³/mol. The average molecular weight is 388 g/mol. The molecule has 2 N–H and O–H groups in total. The van der Waals surface area contributed by atoms with E-state index in [9.17, 15) is 9.59 Å². The van der Waals surface area contributed by atoms with Crippen molar-refractivity contribution >= 4 is 34.0 Å². The van der Waals surface area contributed by atoms with E-state index in [1.54, 1.807) is 0 Å². The van der Waals surface area contributed by atoms with Crippen molar-refractivity contribution in [1.82, 2.24) is 14.8 Å². The number of hydrogen-bond acceptors (Lipinski definition) is 6. The van der Waals surface area contributed by atoms with Crippen LogP contribution >= 0.6 is 11.3 Å². The van der Waals surface area contributed by atoms with E-state index in [2.05, 4.69) is 25.4 Å². The molecule has 0 saturated carbocycles. The van der Waals surface area contributed by atoms with E-state index >= 15 is 0 Å². The summed E-state index contributed by atoms with van der Waals surface area (Å²) in [6, 6.07) is 7.81. The van der Waals surface area contributed by atoms with Crippen molar-refractivity contribution in [3.63, 3.8) is 0 Å². The van der Waals surface area contributed by atoms with Crippen LogP contribution < -0.4 is 10.6 Å². The number of rotatable bonds is 6. The van der Waals surface area contributed by atoms with Crippen LogP contribution in [0.25, 0.3) is 0 Å². The third-order valence-electron chi connectivity index (χ3n) is 4.47. The number of aryl methyl sites for hydroxylation is 1. The van der Waals surface area contributed by atoms with Crippen molar-refractivity contribution in [2.45, 2.75) is 20.4 Å². The fraction of sp³-hybridized carbons (Fsp3) is 0.421. The lowest BCUT2D eigenvalue weighted by Gasteiger charge is -2.33. The topological polar surface area (TPSA) is 77.6 Å². The van der Waals surface area contributed by atoms with Crippen molar-refractivity contribution in [2.75, 3.05) is 43.4 Å². The molecule has 3 rings (SSSR count). The number of nitrogens with one attached hydrogen (secondary N) is 2. The highest BCUT2D eigenvalue weighted by Crippen LogP contribution is 2.20. The molecule has 8 heteroatoms. The van der Waals surface area contributed by atoms with Gasteiger partial charge in [-0.2, -0.15) is 0 Å². The molecule has 0 unspecified atom stereocenters. The van der Waals surface area contributed by atoms with Crippen molar-refractivity contribution < 1.29 is 9.59 Å². The highest BCUT2D eigenvalue weighted by Gasteiger charge is 2.20. The molecule has 2 aromatic rings. The fourth-order valence-electron chi connectivity index (χ4n) is 3.02. The molecule has 7 nitrogen and oxygen atoms in total. The molecule has 1 fully saturated rings. The van der Waals surface area contributed by atoms with Gasteiger partial charge in [-0.25, -0.2) is 4.98 Å². The van der Waals surface area contributed by atoms with Crippen molar-refractivity contribution in [1.29, 1.82) is 0 Å². The molecule has 0 aliphatic carbocycles. The van der Waals surface area contributed by atoms with Gasteiger partial charge in [-0.15, -0.1) is 11.3 Å². The third kappa shape index (κ3) is 5.85. The molecule has 1 aliphatic heterocycles. The number of amides is 2. The Labute approximate surface area is 163 Å². The van der Waals surface area contributed by atoms with Crippen LogP contribution in [0.3, 0.4) is 0 Å². The van der Waals surface area contributed by atoms with Crippen molar-refractivity contribution in [3.8, 4) is 0 Å². The maximum absolute atomic E-state index is 12.3. The molecule has 27 heavy (non-hydrogen) atoms. The molecule has 0 radical (unpaired) electrons. The molecular formula is C19H25N5O2S. The zero-order valence-electron chi connectivity index (χ0n) is 15.7. The fourth-order valence-corrected chi connectivity index (χ4v) is 3.92. The zero-order chi connectivity index (χ0) is 19.2. The molecule has 1 saturated heterocycles. The largest absolute Gasteiger partial charge is 0.325 e. The first kappa shape index (κ1) is 19.5. The average Bonchev–Trinajstić information content (AvgIpc) is 3.05. The van der Waals surface area contributed by atoms with E-state index in [-0.39, 0.29) is 11.8 Å². The first-order chi connectivity index (χ1) is 13.0. The van der Waals surface area contributed by atoms with Crippen LogP contribution in [0.15, 0.2) is 30.5 Å². The first-order valence-corrected chi connectivity index (χ1v) is 9.84. The Morgan fingerprint density at radius 3 is 2.52 bits per heavy atom. The van der Waals surface area contributed by atoms with Gasteiger partial charge in [0.05, 0.1) is 6.54 Å². The highest BCUT2D eigenvalue weighted by molar-refractivity contribution is 7.15. The Kier molecular flexibility index (Phi) is 6.54. The molecule has 0 spiro atoms. The summed E-state index contributed by atoms with van der Waals surface area (Å²) < 4.78 is 0. The molecule has 2 amide bonds. The zero-order valence-corrected chi connectivity index (χ0v) is 16.5. The minimum atomic E-state index is -0.103. The standard InChI is InChI=1S/C19H25N5O2S/c1-14-5-3-4-6-17(14)22-18(26)13-24-9-7-23(8-10-24)12-16-11-20-19(27-16)21-15(2)25/h3-6,11H,7-10,12-13H2,1-2H3,(H,22,26)(H,20,21,25). The van der Waals surface area contributed by atoms with Crippen LogP contribution in [0, 0.1) is 6.92 Å². The Hall–Kier alpha value is -2.29. The summed E-state index contributed by atoms with van der Waals surface area (Å²) >= 11 is 1.51. The van der Waals surface area contributed by atoms with Crippen LogP contribution in [0.1, 0.15) is 17.4 Å². The van der Waals surface area contributed by atoms with Gasteiger partial charge in [-0.3, -0.25) is 19.4 Å². The number of piperazine rings is 1. The van der Waals surface area contributed by atoms with Gasteiger partial charge >= 0.3 is 0 Å². The van der Waals surface area contributed by atoms with Gasteiger partial charge in [-0.1, -0.05) is 18.2 Å². The number of thiazole rings is 1. The van der Waals surface area contributed by atoms with E-state index in [1.807, 2.05) is 37.4 Å². The third-order valence-corrected chi connectivity index (χ3v) is 5.36. The Bertz CT molecular complexity index is 799. The molecule has 144 valence electrons. The summed E-state index contributed by atoms with van der Waals surface area (Å²) in [6.07, 6.45) is 1.82. The summed E-state index contributed by atoms with van der Waals surface area (Å²) in [5, 5.41) is 6.35. The van der Waals surface area contributed by atoms with Crippen LogP contribution in [0.4, 0.5) is 10.8 Å². The SMILES string of the molecule is CC(=O)Nc1ncc(CN2CCN(CC(=O)Nc3ccccc3C)CC2)s1. The number of anilines is 2. The van der Waals surface area contributed by atoms with Gasteiger partial charge in [0, 0.05) is 56.4 Å². The van der Waals surface area contributed by atoms with Crippen molar-refractivity contribution in [2.24, 2.45) is 0 Å². The molecule has 1 aliphatic rings. The van der Waals surface area contributed by atoms with Gasteiger partial charge in [0.1, 0.15) is 0 Å². The quantitative estimate of drug-likeness (QED) is 0.794. The molecule has 0 atom stereocenters. The predicted octanol–water partition coefficient (Wildman–Crippen LogP) is 2.17. The molecule has 2 heterocycles. The number of hydrogen-bond donors (Lipinski definition) is 2. The summed E-state index contributed by atoms with van der Waals surface area (Å²) in [4.78, 5) is 33.2. The van der Waals surface area contributed by atoms with Crippen molar-refractivity contribution in [3.05, 3.63) is 40.9 Å². The summed E-state index contributed by atoms with van der Waals surface area (Å²) in [7, 11) is 0. The molecular weight excluding hydrogens is 362 g/mol. The Balaban J connectivity index is 1.42. The van der Waals surface area contributed by atoms with E-state index < -0.39 is 0 Å². The van der Waals surface area contributed by atoms with Gasteiger partial charge in [0.15, 0.2) is 5.13 Å². The lowest BCUT2D eigenvalue weighted by Crippen LogP contribution is -2.48. The van der Waals surface area contributed by atoms with E-state index in [0.29, 0.717) is 11.7 Å². The summed E-state index contributed by atoms with van der Waals surface area (Å²) in [5.74, 6) is -0.0753. The van der Waals surface area contributed by atoms with Crippen LogP contribution in [-0.4, -0.2) is 59.3 Å². The number of benzene rings is 1. The summed E-state index contributed by atoms with van der Waals surface area (Å²) in [5.41, 5.74) is 1.94. The maximum atomic E-state index is 12.3. The lowest BCUT2D eigenvalue weighted by atomic mass is 10.2. The Morgan fingerprint density at radius 2 is 1.81 bits per heavy atom. The van der Waals surface area contributed by atoms with E-state index in [4.69, 9.17) is 0 Å². The van der Waals surface area contributed by atoms with Crippen LogP contribution in [0.5, 0.6) is 0 Å². The minimum absolute atomic E-state index is 0.0279. The molecule has 1 aromatic heterocycles. The summed E-state index contributed by atoms with van der Waals surface area (Å²) in [6.45, 7) is 8.24. The van der Waals surface area contributed by atoms with E-state index in [0.717, 1.165) is 48.9 Å². The number of aromatic nitrogens is 1. The van der Waals surface area contributed by atoms with Crippen LogP contribution in [0.2, 0.25) is 0 Å². The number of carbonyl (C=O) groups excluding carboxylic acids is 2. The second kappa shape index (κ2) is 9.07. The van der Waals surface area contributed by atoms with Gasteiger partial charge < -0.3 is 10.6 Å². The Morgan fingerprint density at radius 1 is 1.11 bits per heavy atom. The lowest BCUT2D eigenvalue weighted by molar-refractivity contribution is -0.117. The van der Waals surface area contributed by atoms with Gasteiger partial charge in [0.2, 0.25) is 11.8 Å². The number of carbonyl (C=O) groups is 2. The molecule has 0 bridgehead atoms. The number of para-hydroxylation sites is 1. The monoisotopic (exact) mass is 387 g/mol. The first-order valence-electron chi connectivity index (χ1n) is 9.02. The normalized spacial score (nSPS) is 15.5. The van der Waals surface area contributed by atoms with Gasteiger partial charge in [0.25, 0.3) is 0 Å². The maximum Gasteiger partial charge on any atom is 0.238 e. The second-order valence-electron chi connectivity index (χ2n) is 6.73. The minimum Gasteiger partial charge on any atom is -0.325 e. The van der Waals surface area contributed by atoms with Crippen LogP contribution in [-0.2, 0) is 16.1 Å². The molecule has 1 aromatic carbocycles. The van der Waals surface area contributed by atoms with E-state index in [1.165, 1.54) is 18.3 Å². The number of nitrogens with zero attached hydrogens (tertiary/aromatic N) is 3. The highest BCUT2D eigenvalue weighted by atomic mass is 32.1. The van der Waals surface area contributed by atoms with Gasteiger partial charge in [-0.05, 0) is 18.6 Å².